The molecule has 0 fully saturated rings. The van der Waals surface area contributed by atoms with Crippen molar-refractivity contribution in [3.63, 3.8) is 0 Å². The minimum absolute atomic E-state index is 0.0253. The maximum atomic E-state index is 12.6. The normalized spacial score (nSPS) is 11.1. The van der Waals surface area contributed by atoms with Crippen LogP contribution in [0.25, 0.3) is 22.2 Å². The molecule has 3 rings (SSSR count). The highest BCUT2D eigenvalue weighted by Gasteiger charge is 2.12. The summed E-state index contributed by atoms with van der Waals surface area (Å²) in [6.07, 6.45) is 1.73. The van der Waals surface area contributed by atoms with Crippen LogP contribution >= 0.6 is 0 Å². The molecule has 2 heterocycles. The molecule has 0 saturated heterocycles. The Balaban J connectivity index is 2.28. The predicted octanol–water partition coefficient (Wildman–Crippen LogP) is 3.73. The number of hydrogen-bond donors (Lipinski definition) is 0. The second-order valence-corrected chi connectivity index (χ2v) is 6.01. The van der Waals surface area contributed by atoms with Crippen molar-refractivity contribution < 1.29 is 4.74 Å². The lowest BCUT2D eigenvalue weighted by Gasteiger charge is -2.14. The molecule has 0 radical (unpaired) electrons. The monoisotopic (exact) mass is 308 g/mol. The molecule has 0 aliphatic rings. The zero-order valence-corrected chi connectivity index (χ0v) is 13.6. The second kappa shape index (κ2) is 6.24. The number of methoxy groups -OCH3 is 1. The van der Waals surface area contributed by atoms with E-state index >= 15 is 0 Å². The van der Waals surface area contributed by atoms with Crippen molar-refractivity contribution in [1.82, 2.24) is 9.55 Å². The van der Waals surface area contributed by atoms with Gasteiger partial charge in [0.1, 0.15) is 11.4 Å². The van der Waals surface area contributed by atoms with E-state index in [-0.39, 0.29) is 5.56 Å². The van der Waals surface area contributed by atoms with Crippen LogP contribution in [0.15, 0.2) is 53.5 Å². The summed E-state index contributed by atoms with van der Waals surface area (Å²) in [7, 11) is 1.64. The first-order chi connectivity index (χ1) is 11.1. The molecule has 0 atom stereocenters. The van der Waals surface area contributed by atoms with Gasteiger partial charge >= 0.3 is 0 Å². The van der Waals surface area contributed by atoms with E-state index in [0.717, 1.165) is 27.9 Å². The number of hydrogen-bond acceptors (Lipinski definition) is 3. The fourth-order valence-corrected chi connectivity index (χ4v) is 2.78. The quantitative estimate of drug-likeness (QED) is 0.737. The van der Waals surface area contributed by atoms with Crippen molar-refractivity contribution in [2.45, 2.75) is 20.4 Å². The van der Waals surface area contributed by atoms with E-state index < -0.39 is 0 Å². The van der Waals surface area contributed by atoms with Crippen molar-refractivity contribution in [3.05, 3.63) is 59.0 Å². The van der Waals surface area contributed by atoms with Gasteiger partial charge in [-0.25, -0.2) is 4.98 Å². The Labute approximate surface area is 135 Å². The summed E-state index contributed by atoms with van der Waals surface area (Å²) in [5.41, 5.74) is 2.54. The summed E-state index contributed by atoms with van der Waals surface area (Å²) in [6, 6.07) is 13.3. The number of nitrogens with zero attached hydrogens (tertiary/aromatic N) is 2. The average molecular weight is 308 g/mol. The van der Waals surface area contributed by atoms with Crippen LogP contribution in [0.4, 0.5) is 0 Å². The third kappa shape index (κ3) is 2.97. The summed E-state index contributed by atoms with van der Waals surface area (Å²) in [5.74, 6) is 1.14. The highest BCUT2D eigenvalue weighted by molar-refractivity contribution is 5.92. The Morgan fingerprint density at radius 1 is 1.17 bits per heavy atom. The molecule has 0 unspecified atom stereocenters. The molecule has 0 N–H and O–H groups in total. The van der Waals surface area contributed by atoms with E-state index in [1.807, 2.05) is 36.4 Å². The average Bonchev–Trinajstić information content (AvgIpc) is 2.57. The summed E-state index contributed by atoms with van der Waals surface area (Å²) in [4.78, 5) is 17.1. The van der Waals surface area contributed by atoms with Gasteiger partial charge in [0.25, 0.3) is 5.56 Å². The van der Waals surface area contributed by atoms with Gasteiger partial charge in [-0.05, 0) is 41.3 Å². The molecule has 2 aromatic heterocycles. The van der Waals surface area contributed by atoms with Crippen molar-refractivity contribution in [2.24, 2.45) is 5.92 Å². The van der Waals surface area contributed by atoms with Gasteiger partial charge in [0.05, 0.1) is 7.11 Å². The molecule has 0 aliphatic heterocycles. The van der Waals surface area contributed by atoms with Crippen molar-refractivity contribution >= 4 is 11.0 Å². The molecule has 0 aliphatic carbocycles. The van der Waals surface area contributed by atoms with Gasteiger partial charge in [-0.2, -0.15) is 0 Å². The third-order valence-corrected chi connectivity index (χ3v) is 3.79. The molecule has 0 bridgehead atoms. The minimum atomic E-state index is -0.0253. The lowest BCUT2D eigenvalue weighted by molar-refractivity contribution is 0.415. The highest BCUT2D eigenvalue weighted by Crippen LogP contribution is 2.28. The van der Waals surface area contributed by atoms with Crippen LogP contribution < -0.4 is 10.3 Å². The summed E-state index contributed by atoms with van der Waals surface area (Å²) < 4.78 is 7.05. The van der Waals surface area contributed by atoms with Crippen LogP contribution in [0.3, 0.4) is 0 Å². The molecule has 4 nitrogen and oxygen atoms in total. The molecule has 1 aromatic carbocycles. The van der Waals surface area contributed by atoms with Gasteiger partial charge < -0.3 is 4.74 Å². The van der Waals surface area contributed by atoms with Gasteiger partial charge in [0, 0.05) is 24.2 Å². The number of rotatable bonds is 4. The molecule has 118 valence electrons. The molecule has 0 saturated carbocycles. The number of aromatic nitrogens is 2. The highest BCUT2D eigenvalue weighted by atomic mass is 16.5. The van der Waals surface area contributed by atoms with Gasteiger partial charge in [-0.15, -0.1) is 0 Å². The Bertz CT molecular complexity index is 897. The fraction of sp³-hybridized carbons (Fsp3) is 0.263. The minimum Gasteiger partial charge on any atom is -0.497 e. The van der Waals surface area contributed by atoms with Crippen LogP contribution in [-0.4, -0.2) is 16.7 Å². The largest absolute Gasteiger partial charge is 0.497 e. The maximum absolute atomic E-state index is 12.6. The van der Waals surface area contributed by atoms with Crippen LogP contribution in [0.2, 0.25) is 0 Å². The fourth-order valence-electron chi connectivity index (χ4n) is 2.78. The summed E-state index contributed by atoms with van der Waals surface area (Å²) in [5, 5.41) is 0.973. The molecule has 4 heteroatoms. The SMILES string of the molecule is COc1cccc(-c2cc(=O)n(CC(C)C)c3ncccc23)c1. The topological polar surface area (TPSA) is 44.1 Å². The van der Waals surface area contributed by atoms with E-state index in [0.29, 0.717) is 12.5 Å². The van der Waals surface area contributed by atoms with Gasteiger partial charge in [-0.1, -0.05) is 26.0 Å². The molecular weight excluding hydrogens is 288 g/mol. The van der Waals surface area contributed by atoms with Crippen molar-refractivity contribution in [1.29, 1.82) is 0 Å². The number of ether oxygens (including phenoxy) is 1. The van der Waals surface area contributed by atoms with Crippen LogP contribution in [0.5, 0.6) is 5.75 Å². The smallest absolute Gasteiger partial charge is 0.252 e. The second-order valence-electron chi connectivity index (χ2n) is 6.01. The molecular formula is C19H20N2O2. The lowest BCUT2D eigenvalue weighted by atomic mass is 10.0. The van der Waals surface area contributed by atoms with Crippen LogP contribution in [0.1, 0.15) is 13.8 Å². The molecule has 0 spiro atoms. The van der Waals surface area contributed by atoms with E-state index in [9.17, 15) is 4.79 Å². The third-order valence-electron chi connectivity index (χ3n) is 3.79. The zero-order valence-electron chi connectivity index (χ0n) is 13.6. The lowest BCUT2D eigenvalue weighted by Crippen LogP contribution is -2.23. The van der Waals surface area contributed by atoms with Gasteiger partial charge in [-0.3, -0.25) is 9.36 Å². The van der Waals surface area contributed by atoms with Crippen LogP contribution in [0, 0.1) is 5.92 Å². The Morgan fingerprint density at radius 3 is 2.74 bits per heavy atom. The summed E-state index contributed by atoms with van der Waals surface area (Å²) >= 11 is 0. The van der Waals surface area contributed by atoms with Crippen LogP contribution in [-0.2, 0) is 6.54 Å². The molecule has 23 heavy (non-hydrogen) atoms. The van der Waals surface area contributed by atoms with Crippen molar-refractivity contribution in [2.75, 3.05) is 7.11 Å². The maximum Gasteiger partial charge on any atom is 0.252 e. The Morgan fingerprint density at radius 2 is 2.00 bits per heavy atom. The predicted molar refractivity (Wildman–Crippen MR) is 92.8 cm³/mol. The zero-order chi connectivity index (χ0) is 16.4. The van der Waals surface area contributed by atoms with Crippen molar-refractivity contribution in [3.8, 4) is 16.9 Å². The first-order valence-corrected chi connectivity index (χ1v) is 7.73. The number of benzene rings is 1. The van der Waals surface area contributed by atoms with Gasteiger partial charge in [0.2, 0.25) is 0 Å². The standard InChI is InChI=1S/C19H20N2O2/c1-13(2)12-21-18(22)11-17(16-8-5-9-20-19(16)21)14-6-4-7-15(10-14)23-3/h4-11,13H,12H2,1-3H3. The van der Waals surface area contributed by atoms with E-state index in [1.165, 1.54) is 0 Å². The first kappa shape index (κ1) is 15.3. The summed E-state index contributed by atoms with van der Waals surface area (Å²) in [6.45, 7) is 4.85. The van der Waals surface area contributed by atoms with Gasteiger partial charge in [0.15, 0.2) is 0 Å². The van der Waals surface area contributed by atoms with E-state index in [1.54, 1.807) is 23.9 Å². The number of fused-ring (bicyclic) bond motifs is 1. The Kier molecular flexibility index (Phi) is 4.15. The Hall–Kier alpha value is -2.62. The first-order valence-electron chi connectivity index (χ1n) is 7.73. The molecule has 3 aromatic rings. The number of pyridine rings is 2. The van der Waals surface area contributed by atoms with E-state index in [4.69, 9.17) is 4.74 Å². The van der Waals surface area contributed by atoms with E-state index in [2.05, 4.69) is 18.8 Å². The molecule has 0 amide bonds.